The van der Waals surface area contributed by atoms with Crippen LogP contribution < -0.4 is 20.1 Å². The van der Waals surface area contributed by atoms with Gasteiger partial charge in [-0.15, -0.1) is 5.10 Å². The van der Waals surface area contributed by atoms with Gasteiger partial charge in [0.15, 0.2) is 5.82 Å². The van der Waals surface area contributed by atoms with E-state index >= 15 is 0 Å². The molecule has 0 spiro atoms. The summed E-state index contributed by atoms with van der Waals surface area (Å²) in [7, 11) is 4.26. The van der Waals surface area contributed by atoms with Crippen molar-refractivity contribution in [1.29, 1.82) is 0 Å². The van der Waals surface area contributed by atoms with Crippen LogP contribution >= 0.6 is 0 Å². The number of amides is 2. The van der Waals surface area contributed by atoms with Crippen LogP contribution in [0.4, 0.5) is 16.3 Å². The van der Waals surface area contributed by atoms with Crippen molar-refractivity contribution in [2.24, 2.45) is 0 Å². The largest absolute Gasteiger partial charge is 0.497 e. The number of carbonyl (C=O) groups excluding carboxylic acids is 2. The molecule has 0 saturated heterocycles. The molecule has 0 atom stereocenters. The second-order valence-corrected chi connectivity index (χ2v) is 4.53. The van der Waals surface area contributed by atoms with Gasteiger partial charge in [-0.2, -0.15) is 0 Å². The lowest BCUT2D eigenvalue weighted by molar-refractivity contribution is -0.116. The SMILES string of the molecule is COC(=O)Nc1cn(CC(=O)Nc2ccc(OC)cc2OC)nn1. The average molecular weight is 335 g/mol. The Kier molecular flexibility index (Phi) is 5.55. The molecule has 0 aliphatic heterocycles. The molecule has 2 rings (SSSR count). The van der Waals surface area contributed by atoms with E-state index < -0.39 is 6.09 Å². The molecular weight excluding hydrogens is 318 g/mol. The highest BCUT2D eigenvalue weighted by atomic mass is 16.5. The summed E-state index contributed by atoms with van der Waals surface area (Å²) in [5.41, 5.74) is 0.497. The first-order valence-corrected chi connectivity index (χ1v) is 6.82. The molecule has 24 heavy (non-hydrogen) atoms. The maximum Gasteiger partial charge on any atom is 0.412 e. The molecule has 2 amide bonds. The first-order valence-electron chi connectivity index (χ1n) is 6.82. The van der Waals surface area contributed by atoms with E-state index in [-0.39, 0.29) is 18.3 Å². The first-order chi connectivity index (χ1) is 11.5. The van der Waals surface area contributed by atoms with Gasteiger partial charge < -0.3 is 19.5 Å². The Morgan fingerprint density at radius 2 is 1.96 bits per heavy atom. The lowest BCUT2D eigenvalue weighted by Gasteiger charge is -2.11. The number of anilines is 2. The van der Waals surface area contributed by atoms with Gasteiger partial charge in [-0.3, -0.25) is 10.1 Å². The van der Waals surface area contributed by atoms with Gasteiger partial charge in [0.1, 0.15) is 18.0 Å². The number of nitrogens with one attached hydrogen (secondary N) is 2. The molecule has 2 aromatic rings. The number of benzene rings is 1. The van der Waals surface area contributed by atoms with Gasteiger partial charge in [-0.05, 0) is 12.1 Å². The summed E-state index contributed by atoms with van der Waals surface area (Å²) in [6, 6.07) is 5.02. The molecule has 128 valence electrons. The Hall–Kier alpha value is -3.30. The van der Waals surface area contributed by atoms with Crippen molar-refractivity contribution in [2.45, 2.75) is 6.54 Å². The zero-order valence-corrected chi connectivity index (χ0v) is 13.4. The van der Waals surface area contributed by atoms with Crippen molar-refractivity contribution >= 4 is 23.5 Å². The number of hydrogen-bond acceptors (Lipinski definition) is 7. The highest BCUT2D eigenvalue weighted by Gasteiger charge is 2.11. The van der Waals surface area contributed by atoms with Crippen LogP contribution in [0, 0.1) is 0 Å². The fourth-order valence-electron chi connectivity index (χ4n) is 1.83. The van der Waals surface area contributed by atoms with E-state index in [1.165, 1.54) is 32.2 Å². The van der Waals surface area contributed by atoms with Crippen LogP contribution in [-0.4, -0.2) is 48.3 Å². The van der Waals surface area contributed by atoms with Crippen molar-refractivity contribution < 1.29 is 23.8 Å². The van der Waals surface area contributed by atoms with E-state index in [1.807, 2.05) is 0 Å². The Labute approximate surface area is 137 Å². The van der Waals surface area contributed by atoms with Crippen molar-refractivity contribution in [2.75, 3.05) is 32.0 Å². The van der Waals surface area contributed by atoms with E-state index in [1.54, 1.807) is 18.2 Å². The molecule has 0 radical (unpaired) electrons. The Bertz CT molecular complexity index is 730. The quantitative estimate of drug-likeness (QED) is 0.812. The fraction of sp³-hybridized carbons (Fsp3) is 0.286. The topological polar surface area (TPSA) is 117 Å². The van der Waals surface area contributed by atoms with Crippen LogP contribution in [-0.2, 0) is 16.1 Å². The zero-order chi connectivity index (χ0) is 17.5. The number of carbonyl (C=O) groups is 2. The Morgan fingerprint density at radius 3 is 2.62 bits per heavy atom. The molecule has 0 aliphatic carbocycles. The normalized spacial score (nSPS) is 9.96. The summed E-state index contributed by atoms with van der Waals surface area (Å²) in [5.74, 6) is 0.915. The smallest absolute Gasteiger partial charge is 0.412 e. The van der Waals surface area contributed by atoms with Crippen LogP contribution in [0.15, 0.2) is 24.4 Å². The van der Waals surface area contributed by atoms with Crippen molar-refractivity contribution in [3.8, 4) is 11.5 Å². The molecule has 10 nitrogen and oxygen atoms in total. The predicted molar refractivity (Wildman–Crippen MR) is 84.2 cm³/mol. The number of aromatic nitrogens is 3. The summed E-state index contributed by atoms with van der Waals surface area (Å²) in [6.07, 6.45) is 0.733. The van der Waals surface area contributed by atoms with Crippen LogP contribution in [0.1, 0.15) is 0 Å². The van der Waals surface area contributed by atoms with Crippen molar-refractivity contribution in [1.82, 2.24) is 15.0 Å². The minimum Gasteiger partial charge on any atom is -0.497 e. The second-order valence-electron chi connectivity index (χ2n) is 4.53. The standard InChI is InChI=1S/C14H17N5O5/c1-22-9-4-5-10(11(6-9)23-2)15-13(20)8-19-7-12(17-18-19)16-14(21)24-3/h4-7H,8H2,1-3H3,(H,15,20)(H,16,21). The van der Waals surface area contributed by atoms with Gasteiger partial charge in [0.25, 0.3) is 0 Å². The minimum absolute atomic E-state index is 0.0922. The molecule has 1 aromatic carbocycles. The monoisotopic (exact) mass is 335 g/mol. The van der Waals surface area contributed by atoms with Crippen LogP contribution in [0.2, 0.25) is 0 Å². The van der Waals surface area contributed by atoms with Gasteiger partial charge in [0.2, 0.25) is 5.91 Å². The lowest BCUT2D eigenvalue weighted by Crippen LogP contribution is -2.19. The summed E-state index contributed by atoms with van der Waals surface area (Å²) >= 11 is 0. The molecule has 0 saturated carbocycles. The Morgan fingerprint density at radius 1 is 1.17 bits per heavy atom. The average Bonchev–Trinajstić information content (AvgIpc) is 3.01. The second kappa shape index (κ2) is 7.81. The number of nitrogens with zero attached hydrogens (tertiary/aromatic N) is 3. The summed E-state index contributed by atoms with van der Waals surface area (Å²) in [4.78, 5) is 23.2. The van der Waals surface area contributed by atoms with Crippen LogP contribution in [0.5, 0.6) is 11.5 Å². The molecule has 2 N–H and O–H groups in total. The predicted octanol–water partition coefficient (Wildman–Crippen LogP) is 1.11. The maximum atomic E-state index is 12.1. The van der Waals surface area contributed by atoms with E-state index in [0.717, 1.165) is 0 Å². The molecule has 0 fully saturated rings. The highest BCUT2D eigenvalue weighted by Crippen LogP contribution is 2.28. The molecule has 10 heteroatoms. The minimum atomic E-state index is -0.672. The van der Waals surface area contributed by atoms with E-state index in [2.05, 4.69) is 25.7 Å². The highest BCUT2D eigenvalue weighted by molar-refractivity contribution is 5.92. The molecular formula is C14H17N5O5. The van der Waals surface area contributed by atoms with Gasteiger partial charge in [-0.25, -0.2) is 9.48 Å². The number of ether oxygens (including phenoxy) is 3. The third-order valence-electron chi connectivity index (χ3n) is 2.94. The zero-order valence-electron chi connectivity index (χ0n) is 13.4. The molecule has 0 bridgehead atoms. The first kappa shape index (κ1) is 17.1. The van der Waals surface area contributed by atoms with Gasteiger partial charge in [-0.1, -0.05) is 5.21 Å². The summed E-state index contributed by atoms with van der Waals surface area (Å²) in [6.45, 7) is -0.0922. The van der Waals surface area contributed by atoms with E-state index in [4.69, 9.17) is 9.47 Å². The number of rotatable bonds is 6. The molecule has 0 aliphatic rings. The maximum absolute atomic E-state index is 12.1. The number of methoxy groups -OCH3 is 3. The van der Waals surface area contributed by atoms with Gasteiger partial charge >= 0.3 is 6.09 Å². The fourth-order valence-corrected chi connectivity index (χ4v) is 1.83. The molecule has 0 unspecified atom stereocenters. The van der Waals surface area contributed by atoms with Crippen molar-refractivity contribution in [3.05, 3.63) is 24.4 Å². The van der Waals surface area contributed by atoms with Gasteiger partial charge in [0.05, 0.1) is 33.2 Å². The molecule has 1 heterocycles. The molecule has 1 aromatic heterocycles. The third kappa shape index (κ3) is 4.35. The van der Waals surface area contributed by atoms with Crippen LogP contribution in [0.3, 0.4) is 0 Å². The van der Waals surface area contributed by atoms with E-state index in [9.17, 15) is 9.59 Å². The third-order valence-corrected chi connectivity index (χ3v) is 2.94. The summed E-state index contributed by atoms with van der Waals surface area (Å²) < 4.78 is 16.0. The Balaban J connectivity index is 1.99. The summed E-state index contributed by atoms with van der Waals surface area (Å²) in [5, 5.41) is 12.5. The van der Waals surface area contributed by atoms with Crippen LogP contribution in [0.25, 0.3) is 0 Å². The van der Waals surface area contributed by atoms with Crippen molar-refractivity contribution in [3.63, 3.8) is 0 Å². The van der Waals surface area contributed by atoms with E-state index in [0.29, 0.717) is 17.2 Å². The lowest BCUT2D eigenvalue weighted by atomic mass is 10.2. The number of hydrogen-bond donors (Lipinski definition) is 2. The van der Waals surface area contributed by atoms with Gasteiger partial charge in [0, 0.05) is 6.07 Å².